The number of nitrogens with one attached hydrogen (secondary N) is 1. The van der Waals surface area contributed by atoms with Gasteiger partial charge in [-0.15, -0.1) is 0 Å². The first-order valence-electron chi connectivity index (χ1n) is 4.84. The molecule has 0 aromatic carbocycles. The van der Waals surface area contributed by atoms with E-state index in [2.05, 4.69) is 12.2 Å². The molecule has 78 valence electrons. The topological polar surface area (TPSA) is 46.2 Å². The van der Waals surface area contributed by atoms with Gasteiger partial charge in [-0.25, -0.2) is 8.42 Å². The quantitative estimate of drug-likeness (QED) is 0.741. The Morgan fingerprint density at radius 2 is 2.15 bits per heavy atom. The molecule has 0 aromatic heterocycles. The van der Waals surface area contributed by atoms with E-state index >= 15 is 0 Å². The van der Waals surface area contributed by atoms with Crippen molar-refractivity contribution in [1.82, 2.24) is 5.32 Å². The molecule has 1 rings (SSSR count). The molecule has 1 saturated heterocycles. The van der Waals surface area contributed by atoms with Gasteiger partial charge in [0.15, 0.2) is 9.84 Å². The van der Waals surface area contributed by atoms with Crippen LogP contribution in [0, 0.1) is 5.92 Å². The van der Waals surface area contributed by atoms with Crippen molar-refractivity contribution in [2.45, 2.75) is 38.0 Å². The summed E-state index contributed by atoms with van der Waals surface area (Å²) in [7, 11) is -0.842. The standard InChI is InChI=1S/C9H19NO2S/c1-7(10-3)4-9-5-8(2)13(11,12)6-9/h7-10H,4-6H2,1-3H3. The van der Waals surface area contributed by atoms with Crippen LogP contribution in [0.15, 0.2) is 0 Å². The van der Waals surface area contributed by atoms with Crippen molar-refractivity contribution in [3.63, 3.8) is 0 Å². The lowest BCUT2D eigenvalue weighted by Crippen LogP contribution is -2.24. The van der Waals surface area contributed by atoms with Gasteiger partial charge in [0.1, 0.15) is 0 Å². The molecule has 3 unspecified atom stereocenters. The Hall–Kier alpha value is -0.0900. The highest BCUT2D eigenvalue weighted by molar-refractivity contribution is 7.92. The van der Waals surface area contributed by atoms with Crippen LogP contribution in [0.3, 0.4) is 0 Å². The summed E-state index contributed by atoms with van der Waals surface area (Å²) in [5.41, 5.74) is 0. The fourth-order valence-electron chi connectivity index (χ4n) is 1.96. The fourth-order valence-corrected chi connectivity index (χ4v) is 3.78. The first-order chi connectivity index (χ1) is 5.95. The minimum atomic E-state index is -2.76. The van der Waals surface area contributed by atoms with Gasteiger partial charge in [0.2, 0.25) is 0 Å². The molecule has 0 aliphatic carbocycles. The highest BCUT2D eigenvalue weighted by Crippen LogP contribution is 2.28. The summed E-state index contributed by atoms with van der Waals surface area (Å²) in [6, 6.07) is 0.422. The van der Waals surface area contributed by atoms with Gasteiger partial charge in [0, 0.05) is 6.04 Å². The minimum absolute atomic E-state index is 0.124. The number of hydrogen-bond donors (Lipinski definition) is 1. The molecule has 1 aliphatic heterocycles. The average molecular weight is 205 g/mol. The maximum absolute atomic E-state index is 11.4. The lowest BCUT2D eigenvalue weighted by molar-refractivity contribution is 0.438. The summed E-state index contributed by atoms with van der Waals surface area (Å²) in [5, 5.41) is 3.02. The first kappa shape index (κ1) is 11.0. The van der Waals surface area contributed by atoms with Gasteiger partial charge in [-0.2, -0.15) is 0 Å². The largest absolute Gasteiger partial charge is 0.317 e. The van der Waals surface area contributed by atoms with Crippen molar-refractivity contribution in [3.05, 3.63) is 0 Å². The Bertz CT molecular complexity index is 261. The normalized spacial score (nSPS) is 34.7. The predicted molar refractivity (Wildman–Crippen MR) is 54.5 cm³/mol. The minimum Gasteiger partial charge on any atom is -0.317 e. The summed E-state index contributed by atoms with van der Waals surface area (Å²) < 4.78 is 22.8. The molecule has 0 bridgehead atoms. The van der Waals surface area contributed by atoms with Crippen LogP contribution in [0.4, 0.5) is 0 Å². The van der Waals surface area contributed by atoms with Crippen LogP contribution < -0.4 is 5.32 Å². The fraction of sp³-hybridized carbons (Fsp3) is 1.00. The van der Waals surface area contributed by atoms with E-state index < -0.39 is 9.84 Å². The van der Waals surface area contributed by atoms with Crippen LogP contribution in [-0.4, -0.2) is 32.5 Å². The van der Waals surface area contributed by atoms with E-state index in [-0.39, 0.29) is 5.25 Å². The van der Waals surface area contributed by atoms with Gasteiger partial charge in [-0.3, -0.25) is 0 Å². The van der Waals surface area contributed by atoms with E-state index in [1.165, 1.54) is 0 Å². The molecular formula is C9H19NO2S. The Morgan fingerprint density at radius 3 is 2.54 bits per heavy atom. The highest BCUT2D eigenvalue weighted by Gasteiger charge is 2.35. The van der Waals surface area contributed by atoms with Crippen LogP contribution >= 0.6 is 0 Å². The van der Waals surface area contributed by atoms with E-state index in [0.29, 0.717) is 17.7 Å². The monoisotopic (exact) mass is 205 g/mol. The number of sulfone groups is 1. The summed E-state index contributed by atoms with van der Waals surface area (Å²) in [6.07, 6.45) is 1.81. The third-order valence-corrected chi connectivity index (χ3v) is 5.28. The van der Waals surface area contributed by atoms with E-state index in [1.54, 1.807) is 0 Å². The molecular weight excluding hydrogens is 186 g/mol. The highest BCUT2D eigenvalue weighted by atomic mass is 32.2. The zero-order valence-electron chi connectivity index (χ0n) is 8.58. The van der Waals surface area contributed by atoms with Gasteiger partial charge in [-0.1, -0.05) is 0 Å². The second kappa shape index (κ2) is 3.96. The summed E-state index contributed by atoms with van der Waals surface area (Å²) >= 11 is 0. The van der Waals surface area contributed by atoms with Crippen LogP contribution in [0.5, 0.6) is 0 Å². The number of rotatable bonds is 3. The molecule has 3 atom stereocenters. The summed E-state index contributed by atoms with van der Waals surface area (Å²) in [4.78, 5) is 0. The molecule has 1 heterocycles. The molecule has 3 nitrogen and oxygen atoms in total. The molecule has 0 radical (unpaired) electrons. The lowest BCUT2D eigenvalue weighted by Gasteiger charge is -2.14. The van der Waals surface area contributed by atoms with E-state index in [9.17, 15) is 8.42 Å². The molecule has 0 spiro atoms. The smallest absolute Gasteiger partial charge is 0.153 e. The van der Waals surface area contributed by atoms with Gasteiger partial charge in [-0.05, 0) is 39.7 Å². The molecule has 0 amide bonds. The van der Waals surface area contributed by atoms with E-state index in [0.717, 1.165) is 12.8 Å². The third-order valence-electron chi connectivity index (χ3n) is 2.93. The van der Waals surface area contributed by atoms with Crippen molar-refractivity contribution in [1.29, 1.82) is 0 Å². The second-order valence-electron chi connectivity index (χ2n) is 4.17. The zero-order valence-corrected chi connectivity index (χ0v) is 9.39. The molecule has 4 heteroatoms. The Balaban J connectivity index is 2.50. The van der Waals surface area contributed by atoms with Crippen LogP contribution in [-0.2, 0) is 9.84 Å². The molecule has 0 aromatic rings. The summed E-state index contributed by atoms with van der Waals surface area (Å²) in [5.74, 6) is 0.752. The Kier molecular flexibility index (Phi) is 3.35. The average Bonchev–Trinajstić information content (AvgIpc) is 2.25. The SMILES string of the molecule is CNC(C)CC1CC(C)S(=O)(=O)C1. The predicted octanol–water partition coefficient (Wildman–Crippen LogP) is 0.808. The molecule has 1 fully saturated rings. The van der Waals surface area contributed by atoms with Gasteiger partial charge in [0.05, 0.1) is 11.0 Å². The van der Waals surface area contributed by atoms with Crippen molar-refractivity contribution in [3.8, 4) is 0 Å². The molecule has 1 N–H and O–H groups in total. The molecule has 13 heavy (non-hydrogen) atoms. The van der Waals surface area contributed by atoms with Crippen molar-refractivity contribution >= 4 is 9.84 Å². The zero-order chi connectivity index (χ0) is 10.1. The van der Waals surface area contributed by atoms with E-state index in [1.807, 2.05) is 14.0 Å². The van der Waals surface area contributed by atoms with Crippen molar-refractivity contribution < 1.29 is 8.42 Å². The van der Waals surface area contributed by atoms with Gasteiger partial charge >= 0.3 is 0 Å². The van der Waals surface area contributed by atoms with E-state index in [4.69, 9.17) is 0 Å². The third kappa shape index (κ3) is 2.68. The number of hydrogen-bond acceptors (Lipinski definition) is 3. The van der Waals surface area contributed by atoms with Crippen molar-refractivity contribution in [2.75, 3.05) is 12.8 Å². The van der Waals surface area contributed by atoms with Crippen LogP contribution in [0.25, 0.3) is 0 Å². The van der Waals surface area contributed by atoms with Crippen LogP contribution in [0.1, 0.15) is 26.7 Å². The second-order valence-corrected chi connectivity index (χ2v) is 6.63. The molecule has 1 aliphatic rings. The maximum atomic E-state index is 11.4. The van der Waals surface area contributed by atoms with Gasteiger partial charge < -0.3 is 5.32 Å². The summed E-state index contributed by atoms with van der Waals surface area (Å²) in [6.45, 7) is 3.91. The Morgan fingerprint density at radius 1 is 1.54 bits per heavy atom. The Labute approximate surface area is 80.8 Å². The first-order valence-corrected chi connectivity index (χ1v) is 6.56. The lowest BCUT2D eigenvalue weighted by atomic mass is 9.98. The van der Waals surface area contributed by atoms with Crippen molar-refractivity contribution in [2.24, 2.45) is 5.92 Å². The maximum Gasteiger partial charge on any atom is 0.153 e. The molecule has 0 saturated carbocycles. The van der Waals surface area contributed by atoms with Crippen LogP contribution in [0.2, 0.25) is 0 Å². The van der Waals surface area contributed by atoms with Gasteiger partial charge in [0.25, 0.3) is 0 Å².